The van der Waals surface area contributed by atoms with Crippen molar-refractivity contribution >= 4 is 22.4 Å². The highest BCUT2D eigenvalue weighted by Crippen LogP contribution is 2.29. The maximum atomic E-state index is 11.6. The normalized spacial score (nSPS) is 10.6. The number of carbonyl (C=O) groups is 1. The highest BCUT2D eigenvalue weighted by Gasteiger charge is 2.17. The number of rotatable bonds is 2. The van der Waals surface area contributed by atoms with Gasteiger partial charge in [0, 0.05) is 25.8 Å². The van der Waals surface area contributed by atoms with Crippen LogP contribution in [0.2, 0.25) is 0 Å². The summed E-state index contributed by atoms with van der Waals surface area (Å²) in [6.07, 6.45) is 0. The molecule has 0 saturated heterocycles. The van der Waals surface area contributed by atoms with E-state index in [1.807, 2.05) is 19.0 Å². The summed E-state index contributed by atoms with van der Waals surface area (Å²) in [5, 5.41) is 10.3. The van der Waals surface area contributed by atoms with Crippen molar-refractivity contribution in [2.45, 2.75) is 6.92 Å². The second-order valence-electron chi connectivity index (χ2n) is 4.24. The summed E-state index contributed by atoms with van der Waals surface area (Å²) in [4.78, 5) is 24.7. The van der Waals surface area contributed by atoms with Gasteiger partial charge in [-0.2, -0.15) is 0 Å². The quantitative estimate of drug-likeness (QED) is 0.646. The Morgan fingerprint density at radius 2 is 2.00 bits per heavy atom. The molecule has 1 N–H and O–H groups in total. The smallest absolute Gasteiger partial charge is 0.351 e. The zero-order valence-corrected chi connectivity index (χ0v) is 10.4. The fourth-order valence-corrected chi connectivity index (χ4v) is 1.76. The molecule has 0 unspecified atom stereocenters. The molecule has 2 rings (SSSR count). The minimum atomic E-state index is -0.816. The number of hydrogen-bond donors (Lipinski definition) is 1. The van der Waals surface area contributed by atoms with E-state index in [9.17, 15) is 14.7 Å². The molecule has 1 aromatic carbocycles. The van der Waals surface area contributed by atoms with Crippen molar-refractivity contribution in [1.29, 1.82) is 0 Å². The van der Waals surface area contributed by atoms with Crippen LogP contribution in [0.25, 0.3) is 11.0 Å². The van der Waals surface area contributed by atoms with Gasteiger partial charge in [-0.25, -0.2) is 4.79 Å². The van der Waals surface area contributed by atoms with Crippen molar-refractivity contribution in [1.82, 2.24) is 0 Å². The van der Waals surface area contributed by atoms with E-state index in [0.717, 1.165) is 5.69 Å². The van der Waals surface area contributed by atoms with Crippen molar-refractivity contribution < 1.29 is 14.3 Å². The number of fused-ring (bicyclic) bond motifs is 1. The summed E-state index contributed by atoms with van der Waals surface area (Å²) < 4.78 is 5.06. The molecule has 18 heavy (non-hydrogen) atoms. The van der Waals surface area contributed by atoms with Gasteiger partial charge in [0.25, 0.3) is 0 Å². The third-order valence-electron chi connectivity index (χ3n) is 2.73. The minimum Gasteiger partial charge on any atom is -0.506 e. The zero-order valence-electron chi connectivity index (χ0n) is 10.4. The Bertz CT molecular complexity index is 685. The van der Waals surface area contributed by atoms with E-state index in [1.165, 1.54) is 6.92 Å². The molecule has 1 heterocycles. The van der Waals surface area contributed by atoms with Crippen LogP contribution in [0.1, 0.15) is 17.3 Å². The SMILES string of the molecule is CC(=O)c1c(O)c2ccc(N(C)C)cc2oc1=O. The molecule has 2 aromatic rings. The fraction of sp³-hybridized carbons (Fsp3) is 0.231. The first-order chi connectivity index (χ1) is 8.41. The van der Waals surface area contributed by atoms with Crippen LogP contribution in [0.5, 0.6) is 5.75 Å². The average Bonchev–Trinajstić information content (AvgIpc) is 2.27. The lowest BCUT2D eigenvalue weighted by atomic mass is 10.1. The summed E-state index contributed by atoms with van der Waals surface area (Å²) in [5.74, 6) is -0.834. The highest BCUT2D eigenvalue weighted by atomic mass is 16.4. The standard InChI is InChI=1S/C13H13NO4/c1-7(15)11-12(16)9-5-4-8(14(2)3)6-10(9)18-13(11)17/h4-6,16H,1-3H3. The molecule has 94 valence electrons. The van der Waals surface area contributed by atoms with Crippen molar-refractivity contribution in [3.63, 3.8) is 0 Å². The van der Waals surface area contributed by atoms with Crippen LogP contribution in [0, 0.1) is 0 Å². The summed E-state index contributed by atoms with van der Waals surface area (Å²) in [6, 6.07) is 5.03. The van der Waals surface area contributed by atoms with Gasteiger partial charge in [0.1, 0.15) is 16.9 Å². The fourth-order valence-electron chi connectivity index (χ4n) is 1.76. The first kappa shape index (κ1) is 12.2. The van der Waals surface area contributed by atoms with Gasteiger partial charge >= 0.3 is 5.63 Å². The van der Waals surface area contributed by atoms with E-state index in [4.69, 9.17) is 4.42 Å². The lowest BCUT2D eigenvalue weighted by Gasteiger charge is -2.13. The summed E-state index contributed by atoms with van der Waals surface area (Å²) in [6.45, 7) is 1.21. The molecule has 0 aliphatic carbocycles. The predicted molar refractivity (Wildman–Crippen MR) is 68.5 cm³/mol. The number of Topliss-reactive ketones (excluding diaryl/α,β-unsaturated/α-hetero) is 1. The van der Waals surface area contributed by atoms with Gasteiger partial charge in [-0.15, -0.1) is 0 Å². The Labute approximate surface area is 103 Å². The molecule has 5 heteroatoms. The van der Waals surface area contributed by atoms with Crippen molar-refractivity contribution in [3.8, 4) is 5.75 Å². The van der Waals surface area contributed by atoms with E-state index in [1.54, 1.807) is 18.2 Å². The minimum absolute atomic E-state index is 0.258. The van der Waals surface area contributed by atoms with Crippen LogP contribution in [0.15, 0.2) is 27.4 Å². The van der Waals surface area contributed by atoms with E-state index < -0.39 is 11.4 Å². The predicted octanol–water partition coefficient (Wildman–Crippen LogP) is 1.77. The van der Waals surface area contributed by atoms with Gasteiger partial charge in [0.15, 0.2) is 5.78 Å². The molecule has 0 radical (unpaired) electrons. The summed E-state index contributed by atoms with van der Waals surface area (Å²) in [7, 11) is 3.70. The van der Waals surface area contributed by atoms with Gasteiger partial charge in [0.2, 0.25) is 0 Å². The monoisotopic (exact) mass is 247 g/mol. The molecular formula is C13H13NO4. The molecule has 0 amide bonds. The maximum absolute atomic E-state index is 11.6. The second-order valence-corrected chi connectivity index (χ2v) is 4.24. The molecule has 0 fully saturated rings. The number of aromatic hydroxyl groups is 1. The van der Waals surface area contributed by atoms with Crippen LogP contribution in [-0.2, 0) is 0 Å². The van der Waals surface area contributed by atoms with E-state index >= 15 is 0 Å². The van der Waals surface area contributed by atoms with Crippen LogP contribution in [0.3, 0.4) is 0 Å². The Morgan fingerprint density at radius 1 is 1.33 bits per heavy atom. The molecule has 0 saturated carbocycles. The first-order valence-corrected chi connectivity index (χ1v) is 5.40. The van der Waals surface area contributed by atoms with Gasteiger partial charge in [-0.05, 0) is 19.1 Å². The first-order valence-electron chi connectivity index (χ1n) is 5.40. The van der Waals surface area contributed by atoms with Gasteiger partial charge in [-0.3, -0.25) is 4.79 Å². The number of nitrogens with zero attached hydrogens (tertiary/aromatic N) is 1. The summed E-state index contributed by atoms with van der Waals surface area (Å²) >= 11 is 0. The molecule has 0 spiro atoms. The maximum Gasteiger partial charge on any atom is 0.351 e. The molecule has 1 aromatic heterocycles. The topological polar surface area (TPSA) is 70.8 Å². The number of carbonyl (C=O) groups excluding carboxylic acids is 1. The van der Waals surface area contributed by atoms with Crippen LogP contribution in [0.4, 0.5) is 5.69 Å². The molecule has 0 bridgehead atoms. The van der Waals surface area contributed by atoms with Gasteiger partial charge < -0.3 is 14.4 Å². The molecule has 0 aliphatic rings. The third-order valence-corrected chi connectivity index (χ3v) is 2.73. The van der Waals surface area contributed by atoms with Gasteiger partial charge in [0.05, 0.1) is 5.39 Å². The van der Waals surface area contributed by atoms with E-state index in [2.05, 4.69) is 0 Å². The lowest BCUT2D eigenvalue weighted by molar-refractivity contribution is 0.101. The number of hydrogen-bond acceptors (Lipinski definition) is 5. The number of benzene rings is 1. The van der Waals surface area contributed by atoms with Crippen molar-refractivity contribution in [2.24, 2.45) is 0 Å². The Kier molecular flexibility index (Phi) is 2.82. The van der Waals surface area contributed by atoms with Crippen LogP contribution < -0.4 is 10.5 Å². The van der Waals surface area contributed by atoms with Crippen LogP contribution in [-0.4, -0.2) is 25.0 Å². The van der Waals surface area contributed by atoms with Crippen molar-refractivity contribution in [3.05, 3.63) is 34.2 Å². The van der Waals surface area contributed by atoms with E-state index in [0.29, 0.717) is 5.39 Å². The molecule has 0 atom stereocenters. The third kappa shape index (κ3) is 1.84. The Hall–Kier alpha value is -2.30. The van der Waals surface area contributed by atoms with E-state index in [-0.39, 0.29) is 16.9 Å². The largest absolute Gasteiger partial charge is 0.506 e. The number of ketones is 1. The highest BCUT2D eigenvalue weighted by molar-refractivity contribution is 6.01. The molecule has 5 nitrogen and oxygen atoms in total. The Balaban J connectivity index is 2.82. The Morgan fingerprint density at radius 3 is 2.56 bits per heavy atom. The van der Waals surface area contributed by atoms with Gasteiger partial charge in [-0.1, -0.05) is 0 Å². The molecular weight excluding hydrogens is 234 g/mol. The average molecular weight is 247 g/mol. The number of anilines is 1. The molecule has 0 aliphatic heterocycles. The summed E-state index contributed by atoms with van der Waals surface area (Å²) in [5.41, 5.74) is -0.0298. The zero-order chi connectivity index (χ0) is 13.4. The van der Waals surface area contributed by atoms with Crippen LogP contribution >= 0.6 is 0 Å². The van der Waals surface area contributed by atoms with Crippen molar-refractivity contribution in [2.75, 3.05) is 19.0 Å². The lowest BCUT2D eigenvalue weighted by Crippen LogP contribution is -2.12. The second kappa shape index (κ2) is 4.18.